The maximum absolute atomic E-state index is 11.9. The Kier molecular flexibility index (Phi) is 3.30. The average molecular weight is 311 g/mol. The van der Waals surface area contributed by atoms with Gasteiger partial charge in [0, 0.05) is 10.6 Å². The van der Waals surface area contributed by atoms with E-state index in [0.717, 1.165) is 4.34 Å². The lowest BCUT2D eigenvalue weighted by molar-refractivity contribution is 0.519. The number of rotatable bonds is 2. The van der Waals surface area contributed by atoms with E-state index < -0.39 is 5.63 Å². The molecule has 96 valence electrons. The second kappa shape index (κ2) is 4.96. The van der Waals surface area contributed by atoms with E-state index in [1.807, 2.05) is 6.26 Å². The van der Waals surface area contributed by atoms with Crippen molar-refractivity contribution in [2.24, 2.45) is 0 Å². The molecular formula is C12H7ClN2O2S2. The van der Waals surface area contributed by atoms with E-state index in [4.69, 9.17) is 16.0 Å². The molecule has 0 saturated heterocycles. The highest BCUT2D eigenvalue weighted by Gasteiger charge is 2.13. The van der Waals surface area contributed by atoms with E-state index in [9.17, 15) is 4.79 Å². The van der Waals surface area contributed by atoms with E-state index in [2.05, 4.69) is 9.97 Å². The molecule has 4 nitrogen and oxygen atoms in total. The lowest BCUT2D eigenvalue weighted by atomic mass is 10.2. The summed E-state index contributed by atoms with van der Waals surface area (Å²) in [6, 6.07) is 6.94. The molecule has 0 amide bonds. The third-order valence-corrected chi connectivity index (χ3v) is 4.70. The van der Waals surface area contributed by atoms with Crippen LogP contribution in [0.5, 0.6) is 0 Å². The summed E-state index contributed by atoms with van der Waals surface area (Å²) < 4.78 is 6.47. The van der Waals surface area contributed by atoms with Crippen molar-refractivity contribution in [3.8, 4) is 11.5 Å². The van der Waals surface area contributed by atoms with Crippen molar-refractivity contribution in [3.05, 3.63) is 39.7 Å². The van der Waals surface area contributed by atoms with Gasteiger partial charge in [0.2, 0.25) is 5.89 Å². The summed E-state index contributed by atoms with van der Waals surface area (Å²) in [6.07, 6.45) is 1.90. The van der Waals surface area contributed by atoms with Crippen LogP contribution in [0, 0.1) is 0 Å². The minimum Gasteiger partial charge on any atom is -0.402 e. The maximum atomic E-state index is 11.9. The quantitative estimate of drug-likeness (QED) is 0.676. The zero-order valence-electron chi connectivity index (χ0n) is 9.71. The zero-order chi connectivity index (χ0) is 13.4. The van der Waals surface area contributed by atoms with Gasteiger partial charge in [0.15, 0.2) is 14.7 Å². The molecule has 0 radical (unpaired) electrons. The van der Waals surface area contributed by atoms with E-state index in [1.165, 1.54) is 23.1 Å². The largest absolute Gasteiger partial charge is 0.402 e. The molecule has 0 N–H and O–H groups in total. The van der Waals surface area contributed by atoms with Crippen molar-refractivity contribution >= 4 is 45.0 Å². The molecule has 0 aliphatic heterocycles. The van der Waals surface area contributed by atoms with Crippen LogP contribution < -0.4 is 5.63 Å². The minimum atomic E-state index is -0.409. The summed E-state index contributed by atoms with van der Waals surface area (Å²) in [5, 5.41) is 0.616. The van der Waals surface area contributed by atoms with Gasteiger partial charge in [-0.05, 0) is 30.5 Å². The van der Waals surface area contributed by atoms with Gasteiger partial charge in [0.1, 0.15) is 0 Å². The Morgan fingerprint density at radius 2 is 2.00 bits per heavy atom. The Balaban J connectivity index is 2.20. The summed E-state index contributed by atoms with van der Waals surface area (Å²) in [4.78, 5) is 20.5. The first kappa shape index (κ1) is 12.7. The lowest BCUT2D eigenvalue weighted by Gasteiger charge is -1.98. The molecule has 2 aromatic heterocycles. The topological polar surface area (TPSA) is 56.0 Å². The van der Waals surface area contributed by atoms with Crippen molar-refractivity contribution in [2.75, 3.05) is 6.26 Å². The van der Waals surface area contributed by atoms with Crippen molar-refractivity contribution < 1.29 is 4.42 Å². The minimum absolute atomic E-state index is 0.257. The number of nitrogens with zero attached hydrogens (tertiary/aromatic N) is 2. The molecule has 0 bridgehead atoms. The average Bonchev–Trinajstić information content (AvgIpc) is 2.83. The van der Waals surface area contributed by atoms with Crippen LogP contribution in [0.25, 0.3) is 21.8 Å². The fourth-order valence-corrected chi connectivity index (χ4v) is 3.06. The van der Waals surface area contributed by atoms with Gasteiger partial charge >= 0.3 is 5.63 Å². The predicted molar refractivity (Wildman–Crippen MR) is 78.2 cm³/mol. The van der Waals surface area contributed by atoms with Gasteiger partial charge < -0.3 is 4.42 Å². The maximum Gasteiger partial charge on any atom is 0.359 e. The number of aromatic nitrogens is 2. The van der Waals surface area contributed by atoms with Crippen molar-refractivity contribution in [3.63, 3.8) is 0 Å². The van der Waals surface area contributed by atoms with Gasteiger partial charge in [-0.25, -0.2) is 9.78 Å². The van der Waals surface area contributed by atoms with Gasteiger partial charge in [-0.1, -0.05) is 34.7 Å². The predicted octanol–water partition coefficient (Wildman–Crippen LogP) is 3.69. The smallest absolute Gasteiger partial charge is 0.359 e. The van der Waals surface area contributed by atoms with E-state index in [1.54, 1.807) is 24.3 Å². The Morgan fingerprint density at radius 1 is 1.26 bits per heavy atom. The van der Waals surface area contributed by atoms with Crippen LogP contribution in [-0.4, -0.2) is 16.2 Å². The summed E-state index contributed by atoms with van der Waals surface area (Å²) in [5.41, 5.74) is 0.713. The van der Waals surface area contributed by atoms with E-state index in [-0.39, 0.29) is 5.89 Å². The Morgan fingerprint density at radius 3 is 2.68 bits per heavy atom. The lowest BCUT2D eigenvalue weighted by Crippen LogP contribution is -2.00. The summed E-state index contributed by atoms with van der Waals surface area (Å²) in [7, 11) is 0. The third-order valence-electron chi connectivity index (χ3n) is 2.44. The fourth-order valence-electron chi connectivity index (χ4n) is 1.56. The third kappa shape index (κ3) is 2.39. The van der Waals surface area contributed by atoms with E-state index >= 15 is 0 Å². The molecule has 0 aliphatic carbocycles. The molecule has 3 aromatic rings. The number of fused-ring (bicyclic) bond motifs is 1. The summed E-state index contributed by atoms with van der Waals surface area (Å²) in [6.45, 7) is 0. The molecule has 0 aliphatic rings. The Labute approximate surface area is 121 Å². The summed E-state index contributed by atoms with van der Waals surface area (Å²) >= 11 is 8.59. The summed E-state index contributed by atoms with van der Waals surface area (Å²) in [5.74, 6) is 0.257. The van der Waals surface area contributed by atoms with Crippen LogP contribution in [0.15, 0.2) is 37.8 Å². The molecule has 7 heteroatoms. The van der Waals surface area contributed by atoms with Crippen LogP contribution in [0.3, 0.4) is 0 Å². The van der Waals surface area contributed by atoms with Crippen molar-refractivity contribution in [2.45, 2.75) is 4.34 Å². The molecule has 0 spiro atoms. The normalized spacial score (nSPS) is 11.1. The second-order valence-corrected chi connectivity index (χ2v) is 6.14. The van der Waals surface area contributed by atoms with Gasteiger partial charge in [0.05, 0.1) is 0 Å². The van der Waals surface area contributed by atoms with Crippen LogP contribution >= 0.6 is 34.7 Å². The molecule has 3 rings (SSSR count). The molecule has 0 unspecified atom stereocenters. The molecule has 2 heterocycles. The second-order valence-electron chi connectivity index (χ2n) is 3.65. The molecule has 0 fully saturated rings. The number of hydrogen-bond acceptors (Lipinski definition) is 6. The van der Waals surface area contributed by atoms with Gasteiger partial charge in [0.25, 0.3) is 0 Å². The number of hydrogen-bond donors (Lipinski definition) is 0. The molecule has 0 saturated carbocycles. The van der Waals surface area contributed by atoms with Gasteiger partial charge in [-0.2, -0.15) is 4.98 Å². The first-order chi connectivity index (χ1) is 9.17. The standard InChI is InChI=1S/C12H7ClN2O2S2/c1-18-12-15-9-8(19-12)11(16)17-10(14-9)6-2-4-7(13)5-3-6/h2-5H,1H3. The monoisotopic (exact) mass is 310 g/mol. The van der Waals surface area contributed by atoms with Crippen molar-refractivity contribution in [1.29, 1.82) is 0 Å². The van der Waals surface area contributed by atoms with Crippen LogP contribution in [0.4, 0.5) is 0 Å². The Bertz CT molecular complexity index is 796. The van der Waals surface area contributed by atoms with Crippen molar-refractivity contribution in [1.82, 2.24) is 9.97 Å². The highest BCUT2D eigenvalue weighted by molar-refractivity contribution is 8.00. The number of thioether (sulfide) groups is 1. The number of thiazole rings is 1. The molecular weight excluding hydrogens is 304 g/mol. The first-order valence-corrected chi connectivity index (χ1v) is 7.71. The van der Waals surface area contributed by atoms with Crippen LogP contribution in [0.1, 0.15) is 0 Å². The van der Waals surface area contributed by atoms with Gasteiger partial charge in [-0.3, -0.25) is 0 Å². The van der Waals surface area contributed by atoms with Crippen LogP contribution in [-0.2, 0) is 0 Å². The highest BCUT2D eigenvalue weighted by Crippen LogP contribution is 2.27. The first-order valence-electron chi connectivity index (χ1n) is 5.29. The van der Waals surface area contributed by atoms with Crippen LogP contribution in [0.2, 0.25) is 5.02 Å². The van der Waals surface area contributed by atoms with Gasteiger partial charge in [-0.15, -0.1) is 0 Å². The molecule has 19 heavy (non-hydrogen) atoms. The number of halogens is 1. The zero-order valence-corrected chi connectivity index (χ0v) is 12.1. The Hall–Kier alpha value is -1.37. The fraction of sp³-hybridized carbons (Fsp3) is 0.0833. The highest BCUT2D eigenvalue weighted by atomic mass is 35.5. The molecule has 0 atom stereocenters. The van der Waals surface area contributed by atoms with E-state index in [0.29, 0.717) is 20.9 Å². The number of benzene rings is 1. The molecule has 1 aromatic carbocycles. The SMILES string of the molecule is CSc1nc2nc(-c3ccc(Cl)cc3)oc(=O)c2s1.